The topological polar surface area (TPSA) is 60.5 Å². The molecule has 0 aliphatic carbocycles. The molecule has 0 fully saturated rings. The lowest BCUT2D eigenvalue weighted by atomic mass is 10.1. The van der Waals surface area contributed by atoms with Crippen molar-refractivity contribution in [2.75, 3.05) is 19.0 Å². The Balaban J connectivity index is 1.62. The van der Waals surface area contributed by atoms with Gasteiger partial charge in [-0.2, -0.15) is 0 Å². The van der Waals surface area contributed by atoms with Crippen LogP contribution in [0.4, 0.5) is 9.52 Å². The first-order valence-corrected chi connectivity index (χ1v) is 9.07. The van der Waals surface area contributed by atoms with E-state index < -0.39 is 0 Å². The smallest absolute Gasteiger partial charge is 0.226 e. The fourth-order valence-electron chi connectivity index (χ4n) is 2.55. The Morgan fingerprint density at radius 2 is 2.12 bits per heavy atom. The minimum Gasteiger partial charge on any atom is -0.493 e. The Morgan fingerprint density at radius 3 is 2.85 bits per heavy atom. The SMILES string of the molecule is CCOc1ccc(CCC(=O)Nc2nc3c(F)cccc3s2)cc1OC. The fraction of sp³-hybridized carbons (Fsp3) is 0.263. The number of carbonyl (C=O) groups is 1. The summed E-state index contributed by atoms with van der Waals surface area (Å²) in [4.78, 5) is 16.3. The number of aromatic nitrogens is 1. The second-order valence-electron chi connectivity index (χ2n) is 5.57. The van der Waals surface area contributed by atoms with Crippen molar-refractivity contribution < 1.29 is 18.7 Å². The Labute approximate surface area is 154 Å². The number of fused-ring (bicyclic) bond motifs is 1. The van der Waals surface area contributed by atoms with Gasteiger partial charge in [0.2, 0.25) is 5.91 Å². The lowest BCUT2D eigenvalue weighted by Gasteiger charge is -2.10. The molecule has 0 saturated carbocycles. The number of methoxy groups -OCH3 is 1. The van der Waals surface area contributed by atoms with Gasteiger partial charge < -0.3 is 14.8 Å². The van der Waals surface area contributed by atoms with Crippen LogP contribution in [0.2, 0.25) is 0 Å². The number of halogens is 1. The first-order chi connectivity index (χ1) is 12.6. The molecule has 1 N–H and O–H groups in total. The van der Waals surface area contributed by atoms with Crippen LogP contribution in [0, 0.1) is 5.82 Å². The van der Waals surface area contributed by atoms with Crippen molar-refractivity contribution in [3.05, 3.63) is 47.8 Å². The molecule has 2 aromatic carbocycles. The summed E-state index contributed by atoms with van der Waals surface area (Å²) in [5.74, 6) is 0.768. The molecule has 136 valence electrons. The zero-order valence-electron chi connectivity index (χ0n) is 14.5. The average molecular weight is 374 g/mol. The van der Waals surface area contributed by atoms with Crippen LogP contribution in [-0.4, -0.2) is 24.6 Å². The van der Waals surface area contributed by atoms with E-state index >= 15 is 0 Å². The molecule has 26 heavy (non-hydrogen) atoms. The van der Waals surface area contributed by atoms with E-state index in [4.69, 9.17) is 9.47 Å². The summed E-state index contributed by atoms with van der Waals surface area (Å²) < 4.78 is 25.2. The van der Waals surface area contributed by atoms with Gasteiger partial charge in [-0.3, -0.25) is 4.79 Å². The number of rotatable bonds is 7. The number of carbonyl (C=O) groups excluding carboxylic acids is 1. The van der Waals surface area contributed by atoms with Crippen LogP contribution >= 0.6 is 11.3 Å². The molecule has 0 radical (unpaired) electrons. The number of anilines is 1. The normalized spacial score (nSPS) is 10.7. The van der Waals surface area contributed by atoms with Crippen LogP contribution in [0.1, 0.15) is 18.9 Å². The van der Waals surface area contributed by atoms with Crippen LogP contribution in [0.5, 0.6) is 11.5 Å². The highest BCUT2D eigenvalue weighted by molar-refractivity contribution is 7.22. The first-order valence-electron chi connectivity index (χ1n) is 8.25. The third kappa shape index (κ3) is 4.11. The standard InChI is InChI=1S/C19H19FN2O3S/c1-3-25-14-9-7-12(11-15(14)24-2)8-10-17(23)21-19-22-18-13(20)5-4-6-16(18)26-19/h4-7,9,11H,3,8,10H2,1-2H3,(H,21,22,23). The third-order valence-corrected chi connectivity index (χ3v) is 4.72. The highest BCUT2D eigenvalue weighted by Gasteiger charge is 2.11. The molecule has 5 nitrogen and oxygen atoms in total. The number of hydrogen-bond donors (Lipinski definition) is 1. The molecule has 0 aliphatic heterocycles. The second kappa shape index (κ2) is 8.14. The van der Waals surface area contributed by atoms with E-state index in [-0.39, 0.29) is 23.7 Å². The van der Waals surface area contributed by atoms with Crippen molar-refractivity contribution >= 4 is 32.6 Å². The second-order valence-corrected chi connectivity index (χ2v) is 6.60. The molecular weight excluding hydrogens is 355 g/mol. The van der Waals surface area contributed by atoms with Crippen LogP contribution < -0.4 is 14.8 Å². The number of amides is 1. The maximum Gasteiger partial charge on any atom is 0.226 e. The molecular formula is C19H19FN2O3S. The monoisotopic (exact) mass is 374 g/mol. The molecule has 0 aliphatic rings. The molecule has 0 bridgehead atoms. The molecule has 3 aromatic rings. The van der Waals surface area contributed by atoms with E-state index in [1.54, 1.807) is 19.2 Å². The van der Waals surface area contributed by atoms with E-state index in [1.165, 1.54) is 17.4 Å². The highest BCUT2D eigenvalue weighted by Crippen LogP contribution is 2.29. The van der Waals surface area contributed by atoms with Crippen molar-refractivity contribution in [1.29, 1.82) is 0 Å². The van der Waals surface area contributed by atoms with Crippen molar-refractivity contribution in [3.8, 4) is 11.5 Å². The number of nitrogens with zero attached hydrogens (tertiary/aromatic N) is 1. The molecule has 3 rings (SSSR count). The van der Waals surface area contributed by atoms with Crippen LogP contribution in [0.25, 0.3) is 10.2 Å². The Kier molecular flexibility index (Phi) is 5.68. The van der Waals surface area contributed by atoms with E-state index in [2.05, 4.69) is 10.3 Å². The van der Waals surface area contributed by atoms with Gasteiger partial charge in [-0.15, -0.1) is 0 Å². The van der Waals surface area contributed by atoms with Gasteiger partial charge in [0.25, 0.3) is 0 Å². The van der Waals surface area contributed by atoms with Crippen LogP contribution in [-0.2, 0) is 11.2 Å². The lowest BCUT2D eigenvalue weighted by Crippen LogP contribution is -2.12. The number of hydrogen-bond acceptors (Lipinski definition) is 5. The zero-order valence-corrected chi connectivity index (χ0v) is 15.4. The summed E-state index contributed by atoms with van der Waals surface area (Å²) in [5, 5.41) is 3.14. The predicted molar refractivity (Wildman–Crippen MR) is 101 cm³/mol. The van der Waals surface area contributed by atoms with Gasteiger partial charge >= 0.3 is 0 Å². The third-order valence-electron chi connectivity index (χ3n) is 3.78. The van der Waals surface area contributed by atoms with Crippen molar-refractivity contribution in [1.82, 2.24) is 4.98 Å². The number of aryl methyl sites for hydroxylation is 1. The molecule has 0 saturated heterocycles. The number of para-hydroxylation sites is 1. The maximum absolute atomic E-state index is 13.7. The van der Waals surface area contributed by atoms with E-state index in [0.29, 0.717) is 34.4 Å². The Morgan fingerprint density at radius 1 is 1.27 bits per heavy atom. The number of ether oxygens (including phenoxy) is 2. The summed E-state index contributed by atoms with van der Waals surface area (Å²) in [5.41, 5.74) is 1.25. The number of benzene rings is 2. The van der Waals surface area contributed by atoms with Gasteiger partial charge in [0.15, 0.2) is 16.6 Å². The van der Waals surface area contributed by atoms with Gasteiger partial charge in [0, 0.05) is 6.42 Å². The lowest BCUT2D eigenvalue weighted by molar-refractivity contribution is -0.116. The highest BCUT2D eigenvalue weighted by atomic mass is 32.1. The average Bonchev–Trinajstić information content (AvgIpc) is 3.05. The molecule has 0 unspecified atom stereocenters. The van der Waals surface area contributed by atoms with Crippen LogP contribution in [0.15, 0.2) is 36.4 Å². The quantitative estimate of drug-likeness (QED) is 0.665. The van der Waals surface area contributed by atoms with Crippen molar-refractivity contribution in [2.24, 2.45) is 0 Å². The van der Waals surface area contributed by atoms with Gasteiger partial charge in [-0.05, 0) is 43.2 Å². The van der Waals surface area contributed by atoms with Gasteiger partial charge in [0.1, 0.15) is 11.3 Å². The molecule has 1 amide bonds. The van der Waals surface area contributed by atoms with Crippen LogP contribution in [0.3, 0.4) is 0 Å². The van der Waals surface area contributed by atoms with Gasteiger partial charge in [0.05, 0.1) is 18.4 Å². The van der Waals surface area contributed by atoms with E-state index in [1.807, 2.05) is 25.1 Å². The molecule has 1 aromatic heterocycles. The maximum atomic E-state index is 13.7. The summed E-state index contributed by atoms with van der Waals surface area (Å²) in [7, 11) is 1.58. The van der Waals surface area contributed by atoms with E-state index in [0.717, 1.165) is 5.56 Å². The summed E-state index contributed by atoms with van der Waals surface area (Å²) in [6, 6.07) is 10.4. The van der Waals surface area contributed by atoms with Gasteiger partial charge in [-0.1, -0.05) is 23.5 Å². The fourth-order valence-corrected chi connectivity index (χ4v) is 3.45. The predicted octanol–water partition coefficient (Wildman–Crippen LogP) is 4.41. The van der Waals surface area contributed by atoms with E-state index in [9.17, 15) is 9.18 Å². The summed E-state index contributed by atoms with van der Waals surface area (Å²) >= 11 is 1.26. The minimum absolute atomic E-state index is 0.169. The van der Waals surface area contributed by atoms with Crippen molar-refractivity contribution in [2.45, 2.75) is 19.8 Å². The number of nitrogens with one attached hydrogen (secondary N) is 1. The Hall–Kier alpha value is -2.67. The molecule has 0 spiro atoms. The minimum atomic E-state index is -0.388. The molecule has 0 atom stereocenters. The zero-order chi connectivity index (χ0) is 18.5. The first kappa shape index (κ1) is 18.1. The Bertz CT molecular complexity index is 926. The summed E-state index contributed by atoms with van der Waals surface area (Å²) in [6.45, 7) is 2.46. The largest absolute Gasteiger partial charge is 0.493 e. The van der Waals surface area contributed by atoms with Crippen molar-refractivity contribution in [3.63, 3.8) is 0 Å². The number of thiazole rings is 1. The molecule has 1 heterocycles. The van der Waals surface area contributed by atoms with Gasteiger partial charge in [-0.25, -0.2) is 9.37 Å². The summed E-state index contributed by atoms with van der Waals surface area (Å²) in [6.07, 6.45) is 0.837. The molecule has 7 heteroatoms.